The summed E-state index contributed by atoms with van der Waals surface area (Å²) < 4.78 is 32.4. The van der Waals surface area contributed by atoms with Crippen LogP contribution >= 0.6 is 0 Å². The first kappa shape index (κ1) is 15.7. The van der Waals surface area contributed by atoms with Crippen LogP contribution in [0.1, 0.15) is 24.5 Å². The molecule has 4 nitrogen and oxygen atoms in total. The van der Waals surface area contributed by atoms with Gasteiger partial charge in [-0.1, -0.05) is 0 Å². The number of carbonyl (C=O) groups excluding carboxylic acids is 1. The molecule has 0 radical (unpaired) electrons. The Labute approximate surface area is 123 Å². The van der Waals surface area contributed by atoms with Gasteiger partial charge in [0.1, 0.15) is 11.6 Å². The highest BCUT2D eigenvalue weighted by atomic mass is 19.1. The molecule has 0 spiro atoms. The van der Waals surface area contributed by atoms with Gasteiger partial charge in [-0.15, -0.1) is 0 Å². The molecule has 0 fully saturated rings. The number of hydrogen-bond donors (Lipinski definition) is 1. The van der Waals surface area contributed by atoms with E-state index >= 15 is 0 Å². The molecule has 0 unspecified atom stereocenters. The Morgan fingerprint density at radius 3 is 2.71 bits per heavy atom. The largest absolute Gasteiger partial charge is 0.385 e. The van der Waals surface area contributed by atoms with Gasteiger partial charge >= 0.3 is 6.03 Å². The Morgan fingerprint density at radius 1 is 1.38 bits per heavy atom. The van der Waals surface area contributed by atoms with Crippen molar-refractivity contribution < 1.29 is 18.3 Å². The van der Waals surface area contributed by atoms with Crippen LogP contribution in [0.2, 0.25) is 0 Å². The number of benzene rings is 1. The number of amides is 2. The molecule has 0 saturated heterocycles. The number of nitrogens with zero attached hydrogens (tertiary/aromatic N) is 1. The number of nitrogens with one attached hydrogen (secondary N) is 1. The number of carbonyl (C=O) groups is 1. The molecule has 1 heterocycles. The number of rotatable bonds is 4. The fourth-order valence-corrected chi connectivity index (χ4v) is 2.44. The zero-order valence-corrected chi connectivity index (χ0v) is 12.3. The quantitative estimate of drug-likeness (QED) is 0.927. The minimum absolute atomic E-state index is 0.0313. The summed E-state index contributed by atoms with van der Waals surface area (Å²) in [4.78, 5) is 13.6. The summed E-state index contributed by atoms with van der Waals surface area (Å²) in [5, 5.41) is 2.84. The molecule has 21 heavy (non-hydrogen) atoms. The van der Waals surface area contributed by atoms with E-state index in [0.717, 1.165) is 12.1 Å². The second kappa shape index (κ2) is 6.85. The van der Waals surface area contributed by atoms with Gasteiger partial charge in [-0.25, -0.2) is 13.6 Å². The van der Waals surface area contributed by atoms with Crippen molar-refractivity contribution in [3.63, 3.8) is 0 Å². The lowest BCUT2D eigenvalue weighted by atomic mass is 9.99. The van der Waals surface area contributed by atoms with Crippen LogP contribution in [0, 0.1) is 11.6 Å². The van der Waals surface area contributed by atoms with E-state index in [4.69, 9.17) is 4.74 Å². The van der Waals surface area contributed by atoms with E-state index in [2.05, 4.69) is 5.32 Å². The molecule has 1 atom stereocenters. The highest BCUT2D eigenvalue weighted by Crippen LogP contribution is 2.24. The van der Waals surface area contributed by atoms with E-state index in [1.807, 2.05) is 6.92 Å². The first-order chi connectivity index (χ1) is 10.0. The van der Waals surface area contributed by atoms with Crippen LogP contribution in [0.4, 0.5) is 13.6 Å². The molecule has 1 N–H and O–H groups in total. The minimum Gasteiger partial charge on any atom is -0.385 e. The monoisotopic (exact) mass is 298 g/mol. The molecule has 0 aliphatic carbocycles. The molecule has 116 valence electrons. The normalized spacial score (nSPS) is 15.5. The zero-order chi connectivity index (χ0) is 15.4. The molecule has 0 saturated carbocycles. The van der Waals surface area contributed by atoms with Crippen molar-refractivity contribution in [2.45, 2.75) is 32.4 Å². The average Bonchev–Trinajstić information content (AvgIpc) is 2.48. The predicted molar refractivity (Wildman–Crippen MR) is 75.0 cm³/mol. The van der Waals surface area contributed by atoms with Gasteiger partial charge in [-0.2, -0.15) is 0 Å². The van der Waals surface area contributed by atoms with E-state index in [-0.39, 0.29) is 24.2 Å². The average molecular weight is 298 g/mol. The fraction of sp³-hybridized carbons (Fsp3) is 0.533. The number of halogens is 2. The Balaban J connectivity index is 2.01. The van der Waals surface area contributed by atoms with Crippen LogP contribution in [-0.4, -0.2) is 37.2 Å². The van der Waals surface area contributed by atoms with Crippen molar-refractivity contribution in [2.24, 2.45) is 0 Å². The van der Waals surface area contributed by atoms with Crippen LogP contribution in [0.15, 0.2) is 12.1 Å². The van der Waals surface area contributed by atoms with Gasteiger partial charge in [-0.3, -0.25) is 0 Å². The lowest BCUT2D eigenvalue weighted by Gasteiger charge is -2.30. The van der Waals surface area contributed by atoms with Gasteiger partial charge < -0.3 is 15.0 Å². The van der Waals surface area contributed by atoms with Crippen molar-refractivity contribution in [1.29, 1.82) is 0 Å². The van der Waals surface area contributed by atoms with Gasteiger partial charge in [0.25, 0.3) is 0 Å². The van der Waals surface area contributed by atoms with Gasteiger partial charge in [0.15, 0.2) is 0 Å². The maximum atomic E-state index is 13.8. The molecule has 1 aliphatic heterocycles. The summed E-state index contributed by atoms with van der Waals surface area (Å²) in [6.45, 7) is 2.93. The van der Waals surface area contributed by atoms with Gasteiger partial charge in [0.05, 0.1) is 6.54 Å². The summed E-state index contributed by atoms with van der Waals surface area (Å²) in [7, 11) is 1.60. The molecule has 6 heteroatoms. The molecular weight excluding hydrogens is 278 g/mol. The first-order valence-corrected chi connectivity index (χ1v) is 7.03. The molecule has 1 aliphatic rings. The fourth-order valence-electron chi connectivity index (χ4n) is 2.44. The highest BCUT2D eigenvalue weighted by molar-refractivity contribution is 5.74. The summed E-state index contributed by atoms with van der Waals surface area (Å²) >= 11 is 0. The number of hydrogen-bond acceptors (Lipinski definition) is 2. The third kappa shape index (κ3) is 3.69. The number of methoxy groups -OCH3 is 1. The van der Waals surface area contributed by atoms with Crippen molar-refractivity contribution in [3.05, 3.63) is 34.9 Å². The van der Waals surface area contributed by atoms with Gasteiger partial charge in [0, 0.05) is 31.9 Å². The maximum Gasteiger partial charge on any atom is 0.317 e. The van der Waals surface area contributed by atoms with Gasteiger partial charge in [-0.05, 0) is 37.5 Å². The second-order valence-corrected chi connectivity index (χ2v) is 5.29. The third-order valence-electron chi connectivity index (χ3n) is 3.71. The minimum atomic E-state index is -0.462. The lowest BCUT2D eigenvalue weighted by molar-refractivity contribution is 0.171. The van der Waals surface area contributed by atoms with Crippen LogP contribution < -0.4 is 5.32 Å². The van der Waals surface area contributed by atoms with E-state index in [0.29, 0.717) is 31.6 Å². The Morgan fingerprint density at radius 2 is 2.05 bits per heavy atom. The molecule has 2 rings (SSSR count). The number of fused-ring (bicyclic) bond motifs is 1. The maximum absolute atomic E-state index is 13.8. The van der Waals surface area contributed by atoms with E-state index in [1.54, 1.807) is 7.11 Å². The summed E-state index contributed by atoms with van der Waals surface area (Å²) in [6.07, 6.45) is 1.04. The molecule has 0 aromatic heterocycles. The summed E-state index contributed by atoms with van der Waals surface area (Å²) in [6, 6.07) is 1.96. The number of urea groups is 1. The second-order valence-electron chi connectivity index (χ2n) is 5.29. The molecule has 1 aromatic rings. The first-order valence-electron chi connectivity index (χ1n) is 7.03. The standard InChI is InChI=1S/C15H20F2N2O2/c1-10(6-8-21-2)18-15(20)19-7-5-11-12(9-19)14(17)4-3-13(11)16/h3-4,10H,5-9H2,1-2H3,(H,18,20)/t10-/m1/s1. The third-order valence-corrected chi connectivity index (χ3v) is 3.71. The summed E-state index contributed by atoms with van der Waals surface area (Å²) in [5.41, 5.74) is 0.660. The van der Waals surface area contributed by atoms with Crippen LogP contribution in [0.25, 0.3) is 0 Å². The van der Waals surface area contributed by atoms with E-state index in [9.17, 15) is 13.6 Å². The Hall–Kier alpha value is -1.69. The summed E-state index contributed by atoms with van der Waals surface area (Å²) in [5.74, 6) is -0.865. The predicted octanol–water partition coefficient (Wildman–Crippen LogP) is 2.46. The van der Waals surface area contributed by atoms with Crippen molar-refractivity contribution in [3.8, 4) is 0 Å². The lowest BCUT2D eigenvalue weighted by Crippen LogP contribution is -2.46. The topological polar surface area (TPSA) is 41.6 Å². The molecular formula is C15H20F2N2O2. The van der Waals surface area contributed by atoms with E-state index in [1.165, 1.54) is 4.90 Å². The highest BCUT2D eigenvalue weighted by Gasteiger charge is 2.25. The van der Waals surface area contributed by atoms with Crippen molar-refractivity contribution >= 4 is 6.03 Å². The number of ether oxygens (including phenoxy) is 1. The smallest absolute Gasteiger partial charge is 0.317 e. The molecule has 0 bridgehead atoms. The zero-order valence-electron chi connectivity index (χ0n) is 12.3. The van der Waals surface area contributed by atoms with Crippen LogP contribution in [-0.2, 0) is 17.7 Å². The SMILES string of the molecule is COCC[C@@H](C)NC(=O)N1CCc2c(F)ccc(F)c2C1. The Kier molecular flexibility index (Phi) is 5.12. The molecule has 2 amide bonds. The van der Waals surface area contributed by atoms with Gasteiger partial charge in [0.2, 0.25) is 0 Å². The van der Waals surface area contributed by atoms with E-state index < -0.39 is 11.6 Å². The van der Waals surface area contributed by atoms with Crippen molar-refractivity contribution in [1.82, 2.24) is 10.2 Å². The van der Waals surface area contributed by atoms with Crippen LogP contribution in [0.5, 0.6) is 0 Å². The van der Waals surface area contributed by atoms with Crippen molar-refractivity contribution in [2.75, 3.05) is 20.3 Å². The molecule has 1 aromatic carbocycles. The van der Waals surface area contributed by atoms with Crippen LogP contribution in [0.3, 0.4) is 0 Å². The Bertz CT molecular complexity index is 523.